The Morgan fingerprint density at radius 1 is 0.964 bits per heavy atom. The lowest BCUT2D eigenvalue weighted by molar-refractivity contribution is 0.0947. The second-order valence-corrected chi connectivity index (χ2v) is 6.42. The van der Waals surface area contributed by atoms with Gasteiger partial charge < -0.3 is 5.32 Å². The molecule has 0 amide bonds. The van der Waals surface area contributed by atoms with E-state index < -0.39 is 0 Å². The van der Waals surface area contributed by atoms with Crippen LogP contribution in [-0.2, 0) is 6.54 Å². The monoisotopic (exact) mass is 369 g/mol. The fraction of sp³-hybridized carbons (Fsp3) is 0.0909. The molecule has 0 bridgehead atoms. The second kappa shape index (κ2) is 7.84. The van der Waals surface area contributed by atoms with E-state index in [1.807, 2.05) is 49.4 Å². The van der Waals surface area contributed by atoms with Crippen LogP contribution in [0, 0.1) is 6.92 Å². The first-order valence-corrected chi connectivity index (χ1v) is 8.97. The van der Waals surface area contributed by atoms with E-state index in [9.17, 15) is 4.79 Å². The fourth-order valence-corrected chi connectivity index (χ4v) is 2.78. The van der Waals surface area contributed by atoms with Gasteiger partial charge in [-0.1, -0.05) is 48.0 Å². The maximum atomic E-state index is 13.0. The van der Waals surface area contributed by atoms with Crippen LogP contribution >= 0.6 is 0 Å². The molecule has 0 saturated heterocycles. The highest BCUT2D eigenvalue weighted by Crippen LogP contribution is 2.19. The minimum Gasteiger partial charge on any atom is -0.350 e. The summed E-state index contributed by atoms with van der Waals surface area (Å²) in [4.78, 5) is 21.5. The lowest BCUT2D eigenvalue weighted by Crippen LogP contribution is -2.17. The van der Waals surface area contributed by atoms with Crippen molar-refractivity contribution in [3.8, 4) is 11.4 Å². The molecule has 0 radical (unpaired) electrons. The predicted molar refractivity (Wildman–Crippen MR) is 108 cm³/mol. The lowest BCUT2D eigenvalue weighted by Gasteiger charge is -2.07. The van der Waals surface area contributed by atoms with Gasteiger partial charge in [0.15, 0.2) is 5.82 Å². The van der Waals surface area contributed by atoms with Crippen LogP contribution in [0.25, 0.3) is 11.4 Å². The van der Waals surface area contributed by atoms with Gasteiger partial charge in [0.05, 0.1) is 0 Å². The molecule has 28 heavy (non-hydrogen) atoms. The van der Waals surface area contributed by atoms with E-state index in [-0.39, 0.29) is 5.91 Å². The first kappa shape index (κ1) is 17.6. The number of aryl methyl sites for hydroxylation is 1. The molecular formula is C22H19N5O. The maximum absolute atomic E-state index is 13.0. The summed E-state index contributed by atoms with van der Waals surface area (Å²) in [5.41, 5.74) is 3.64. The largest absolute Gasteiger partial charge is 0.350 e. The van der Waals surface area contributed by atoms with E-state index in [0.29, 0.717) is 23.9 Å². The number of aromatic nitrogens is 4. The van der Waals surface area contributed by atoms with E-state index in [1.54, 1.807) is 24.5 Å². The van der Waals surface area contributed by atoms with Gasteiger partial charge in [-0.15, -0.1) is 5.10 Å². The number of carbonyl (C=O) groups is 1. The molecule has 4 rings (SSSR count). The molecule has 0 saturated carbocycles. The van der Waals surface area contributed by atoms with Crippen molar-refractivity contribution in [3.63, 3.8) is 0 Å². The average molecular weight is 369 g/mol. The maximum Gasteiger partial charge on any atom is 0.281 e. The minimum absolute atomic E-state index is 0.236. The molecular weight excluding hydrogens is 350 g/mol. The summed E-state index contributed by atoms with van der Waals surface area (Å²) in [7, 11) is 0. The molecule has 6 heteroatoms. The Bertz CT molecular complexity index is 1070. The summed E-state index contributed by atoms with van der Waals surface area (Å²) in [5, 5.41) is 7.69. The number of hydrogen-bond acceptors (Lipinski definition) is 5. The summed E-state index contributed by atoms with van der Waals surface area (Å²) in [6, 6.07) is 20.9. The van der Waals surface area contributed by atoms with Crippen molar-refractivity contribution in [2.45, 2.75) is 13.5 Å². The molecule has 2 aromatic carbocycles. The van der Waals surface area contributed by atoms with Crippen molar-refractivity contribution in [1.82, 2.24) is 19.7 Å². The predicted octanol–water partition coefficient (Wildman–Crippen LogP) is 3.95. The number of carbonyl (C=O) groups excluding carboxylic acids is 1. The van der Waals surface area contributed by atoms with Crippen LogP contribution in [0.15, 0.2) is 79.1 Å². The Labute approximate surface area is 162 Å². The zero-order chi connectivity index (χ0) is 19.3. The molecule has 0 fully saturated rings. The molecule has 138 valence electrons. The Hall–Kier alpha value is -3.80. The van der Waals surface area contributed by atoms with Crippen LogP contribution in [0.3, 0.4) is 0 Å². The van der Waals surface area contributed by atoms with E-state index in [4.69, 9.17) is 0 Å². The molecule has 2 aromatic heterocycles. The Kier molecular flexibility index (Phi) is 4.93. The van der Waals surface area contributed by atoms with Gasteiger partial charge in [0.25, 0.3) is 5.91 Å². The van der Waals surface area contributed by atoms with E-state index in [1.165, 1.54) is 10.2 Å². The van der Waals surface area contributed by atoms with Crippen molar-refractivity contribution in [2.24, 2.45) is 0 Å². The minimum atomic E-state index is -0.236. The third-order valence-electron chi connectivity index (χ3n) is 4.33. The Balaban J connectivity index is 1.67. The molecule has 4 aromatic rings. The van der Waals surface area contributed by atoms with Gasteiger partial charge in [-0.05, 0) is 36.8 Å². The number of nitrogens with one attached hydrogen (secondary N) is 1. The molecule has 0 aliphatic heterocycles. The number of hydrogen-bond donors (Lipinski definition) is 1. The van der Waals surface area contributed by atoms with Gasteiger partial charge in [-0.3, -0.25) is 9.78 Å². The zero-order valence-corrected chi connectivity index (χ0v) is 15.4. The standard InChI is InChI=1S/C22H19N5O/c1-16-7-9-17(10-8-16)15-24-22-25-20(18-11-13-23-14-12-18)26-27(22)21(28)19-5-3-2-4-6-19/h2-14H,15H2,1H3,(H,24,25,26). The molecule has 0 spiro atoms. The van der Waals surface area contributed by atoms with Gasteiger partial charge in [-0.2, -0.15) is 9.67 Å². The molecule has 2 heterocycles. The van der Waals surface area contributed by atoms with Crippen molar-refractivity contribution in [3.05, 3.63) is 95.8 Å². The van der Waals surface area contributed by atoms with Crippen molar-refractivity contribution >= 4 is 11.9 Å². The van der Waals surface area contributed by atoms with Crippen LogP contribution in [0.1, 0.15) is 21.5 Å². The summed E-state index contributed by atoms with van der Waals surface area (Å²) in [6.07, 6.45) is 3.35. The van der Waals surface area contributed by atoms with E-state index in [2.05, 4.69) is 32.5 Å². The molecule has 6 nitrogen and oxygen atoms in total. The summed E-state index contributed by atoms with van der Waals surface area (Å²) in [5.74, 6) is 0.638. The van der Waals surface area contributed by atoms with Crippen LogP contribution in [0.4, 0.5) is 5.95 Å². The Morgan fingerprint density at radius 2 is 1.68 bits per heavy atom. The highest BCUT2D eigenvalue weighted by atomic mass is 16.2. The van der Waals surface area contributed by atoms with E-state index >= 15 is 0 Å². The highest BCUT2D eigenvalue weighted by molar-refractivity contribution is 5.97. The molecule has 0 unspecified atom stereocenters. The van der Waals surface area contributed by atoms with Crippen LogP contribution in [0.5, 0.6) is 0 Å². The van der Waals surface area contributed by atoms with Crippen molar-refractivity contribution in [1.29, 1.82) is 0 Å². The Morgan fingerprint density at radius 3 is 2.39 bits per heavy atom. The summed E-state index contributed by atoms with van der Waals surface area (Å²) in [6.45, 7) is 2.59. The third-order valence-corrected chi connectivity index (χ3v) is 4.33. The highest BCUT2D eigenvalue weighted by Gasteiger charge is 2.18. The van der Waals surface area contributed by atoms with Gasteiger partial charge in [0.1, 0.15) is 0 Å². The number of anilines is 1. The van der Waals surface area contributed by atoms with Crippen molar-refractivity contribution < 1.29 is 4.79 Å². The molecule has 1 N–H and O–H groups in total. The van der Waals surface area contributed by atoms with Gasteiger partial charge in [-0.25, -0.2) is 0 Å². The average Bonchev–Trinajstić information content (AvgIpc) is 3.18. The van der Waals surface area contributed by atoms with Crippen LogP contribution < -0.4 is 5.32 Å². The number of pyridine rings is 1. The zero-order valence-electron chi connectivity index (χ0n) is 15.4. The molecule has 0 atom stereocenters. The lowest BCUT2D eigenvalue weighted by atomic mass is 10.1. The summed E-state index contributed by atoms with van der Waals surface area (Å²) >= 11 is 0. The first-order chi connectivity index (χ1) is 13.7. The number of rotatable bonds is 5. The molecule has 0 aliphatic rings. The van der Waals surface area contributed by atoms with Gasteiger partial charge in [0, 0.05) is 30.1 Å². The third kappa shape index (κ3) is 3.81. The quantitative estimate of drug-likeness (QED) is 0.577. The van der Waals surface area contributed by atoms with E-state index in [0.717, 1.165) is 11.1 Å². The SMILES string of the molecule is Cc1ccc(CNc2nc(-c3ccncc3)nn2C(=O)c2ccccc2)cc1. The topological polar surface area (TPSA) is 72.7 Å². The second-order valence-electron chi connectivity index (χ2n) is 6.42. The summed E-state index contributed by atoms with van der Waals surface area (Å²) < 4.78 is 1.32. The molecule has 0 aliphatic carbocycles. The van der Waals surface area contributed by atoms with Crippen LogP contribution in [-0.4, -0.2) is 25.7 Å². The van der Waals surface area contributed by atoms with Crippen LogP contribution in [0.2, 0.25) is 0 Å². The van der Waals surface area contributed by atoms with Gasteiger partial charge in [0.2, 0.25) is 5.95 Å². The fourth-order valence-electron chi connectivity index (χ4n) is 2.78. The number of benzene rings is 2. The van der Waals surface area contributed by atoms with Crippen molar-refractivity contribution in [2.75, 3.05) is 5.32 Å². The first-order valence-electron chi connectivity index (χ1n) is 8.97. The normalized spacial score (nSPS) is 10.6. The van der Waals surface area contributed by atoms with Gasteiger partial charge >= 0.3 is 0 Å². The smallest absolute Gasteiger partial charge is 0.281 e. The number of nitrogens with zero attached hydrogens (tertiary/aromatic N) is 4.